The molecular weight excluding hydrogens is 356 g/mol. The van der Waals surface area contributed by atoms with E-state index in [-0.39, 0.29) is 19.1 Å². The zero-order valence-corrected chi connectivity index (χ0v) is 15.7. The number of methoxy groups -OCH3 is 1. The summed E-state index contributed by atoms with van der Waals surface area (Å²) in [5.74, 6) is 6.81. The van der Waals surface area contributed by atoms with Crippen LogP contribution in [-0.4, -0.2) is 40.9 Å². The van der Waals surface area contributed by atoms with E-state index in [9.17, 15) is 4.79 Å². The van der Waals surface area contributed by atoms with Crippen molar-refractivity contribution in [3.63, 3.8) is 0 Å². The van der Waals surface area contributed by atoms with E-state index in [0.717, 1.165) is 5.56 Å². The summed E-state index contributed by atoms with van der Waals surface area (Å²) in [5.41, 5.74) is 1.93. The smallest absolute Gasteiger partial charge is 0.270 e. The van der Waals surface area contributed by atoms with E-state index in [1.165, 1.54) is 4.68 Å². The van der Waals surface area contributed by atoms with Crippen LogP contribution < -0.4 is 14.8 Å². The lowest BCUT2D eigenvalue weighted by molar-refractivity contribution is 0.0949. The van der Waals surface area contributed by atoms with E-state index in [2.05, 4.69) is 27.2 Å². The summed E-state index contributed by atoms with van der Waals surface area (Å²) in [4.78, 5) is 16.4. The molecule has 1 N–H and O–H groups in total. The van der Waals surface area contributed by atoms with Crippen LogP contribution in [0.3, 0.4) is 0 Å². The summed E-state index contributed by atoms with van der Waals surface area (Å²) in [7, 11) is 3.33. The van der Waals surface area contributed by atoms with Crippen molar-refractivity contribution in [2.24, 2.45) is 7.05 Å². The molecule has 0 unspecified atom stereocenters. The highest BCUT2D eigenvalue weighted by atomic mass is 16.5. The van der Waals surface area contributed by atoms with Gasteiger partial charge in [-0.3, -0.25) is 14.5 Å². The number of hydrogen-bond acceptors (Lipinski definition) is 5. The van der Waals surface area contributed by atoms with Crippen molar-refractivity contribution < 1.29 is 14.3 Å². The summed E-state index contributed by atoms with van der Waals surface area (Å²) in [6.45, 7) is 0.440. The van der Waals surface area contributed by atoms with Crippen LogP contribution in [0, 0.1) is 11.8 Å². The fourth-order valence-electron chi connectivity index (χ4n) is 2.55. The molecule has 3 aromatic rings. The van der Waals surface area contributed by atoms with Crippen molar-refractivity contribution in [3.05, 3.63) is 60.6 Å². The molecule has 7 nitrogen and oxygen atoms in total. The topological polar surface area (TPSA) is 78.3 Å². The van der Waals surface area contributed by atoms with Gasteiger partial charge in [0.1, 0.15) is 23.8 Å². The fraction of sp³-hybridized carbons (Fsp3) is 0.190. The number of rotatable bonds is 6. The molecule has 0 fully saturated rings. The number of carbonyl (C=O) groups excluding carboxylic acids is 1. The Morgan fingerprint density at radius 3 is 2.86 bits per heavy atom. The number of aryl methyl sites for hydroxylation is 1. The number of aromatic nitrogens is 3. The second-order valence-electron chi connectivity index (χ2n) is 5.75. The lowest BCUT2D eigenvalue weighted by atomic mass is 10.1. The Kier molecular flexibility index (Phi) is 6.26. The highest BCUT2D eigenvalue weighted by Crippen LogP contribution is 2.28. The number of amides is 1. The molecule has 0 bridgehead atoms. The van der Waals surface area contributed by atoms with Gasteiger partial charge in [-0.1, -0.05) is 24.0 Å². The van der Waals surface area contributed by atoms with Gasteiger partial charge in [0.25, 0.3) is 5.91 Å². The van der Waals surface area contributed by atoms with Gasteiger partial charge in [0.15, 0.2) is 0 Å². The lowest BCUT2D eigenvalue weighted by Gasteiger charge is -2.04. The number of nitrogens with one attached hydrogen (secondary N) is 1. The van der Waals surface area contributed by atoms with Gasteiger partial charge in [0.2, 0.25) is 0 Å². The molecule has 142 valence electrons. The van der Waals surface area contributed by atoms with Crippen molar-refractivity contribution in [2.45, 2.75) is 0 Å². The highest BCUT2D eigenvalue weighted by Gasteiger charge is 2.15. The first-order valence-corrected chi connectivity index (χ1v) is 8.63. The third-order valence-electron chi connectivity index (χ3n) is 3.90. The van der Waals surface area contributed by atoms with Crippen LogP contribution in [0.5, 0.6) is 11.5 Å². The molecule has 1 amide bonds. The lowest BCUT2D eigenvalue weighted by Crippen LogP contribution is -2.25. The maximum atomic E-state index is 12.4. The molecule has 1 aromatic carbocycles. The number of ether oxygens (including phenoxy) is 2. The number of benzene rings is 1. The summed E-state index contributed by atoms with van der Waals surface area (Å²) in [6, 6.07) is 12.9. The Labute approximate surface area is 163 Å². The SMILES string of the molecule is COc1ccccc1-c1cc(C(=O)NCC#CCOc2cccnc2)n(C)n1. The van der Waals surface area contributed by atoms with Gasteiger partial charge in [0.05, 0.1) is 25.5 Å². The van der Waals surface area contributed by atoms with Gasteiger partial charge in [0, 0.05) is 18.8 Å². The van der Waals surface area contributed by atoms with Gasteiger partial charge in [-0.25, -0.2) is 0 Å². The first-order valence-electron chi connectivity index (χ1n) is 8.63. The number of pyridine rings is 1. The molecule has 0 spiro atoms. The fourth-order valence-corrected chi connectivity index (χ4v) is 2.55. The molecule has 0 aliphatic heterocycles. The van der Waals surface area contributed by atoms with Crippen molar-refractivity contribution in [1.82, 2.24) is 20.1 Å². The summed E-state index contributed by atoms with van der Waals surface area (Å²) < 4.78 is 12.3. The van der Waals surface area contributed by atoms with Crippen LogP contribution in [0.1, 0.15) is 10.5 Å². The van der Waals surface area contributed by atoms with Gasteiger partial charge in [-0.15, -0.1) is 0 Å². The maximum Gasteiger partial charge on any atom is 0.270 e. The molecule has 28 heavy (non-hydrogen) atoms. The Morgan fingerprint density at radius 1 is 1.21 bits per heavy atom. The monoisotopic (exact) mass is 376 g/mol. The number of carbonyl (C=O) groups is 1. The number of hydrogen-bond donors (Lipinski definition) is 1. The molecule has 3 rings (SSSR count). The van der Waals surface area contributed by atoms with Crippen molar-refractivity contribution in [3.8, 4) is 34.6 Å². The Morgan fingerprint density at radius 2 is 2.07 bits per heavy atom. The second-order valence-corrected chi connectivity index (χ2v) is 5.75. The Balaban J connectivity index is 1.57. The average molecular weight is 376 g/mol. The second kappa shape index (κ2) is 9.24. The number of para-hydroxylation sites is 1. The third kappa shape index (κ3) is 4.68. The molecule has 0 atom stereocenters. The third-order valence-corrected chi connectivity index (χ3v) is 3.90. The van der Waals surface area contributed by atoms with Crippen LogP contribution in [0.2, 0.25) is 0 Å². The van der Waals surface area contributed by atoms with E-state index >= 15 is 0 Å². The normalized spacial score (nSPS) is 9.93. The first-order chi connectivity index (χ1) is 13.7. The molecule has 0 saturated heterocycles. The van der Waals surface area contributed by atoms with Crippen LogP contribution in [0.25, 0.3) is 11.3 Å². The summed E-state index contributed by atoms with van der Waals surface area (Å²) in [5, 5.41) is 7.18. The maximum absolute atomic E-state index is 12.4. The first kappa shape index (κ1) is 19.0. The minimum atomic E-state index is -0.251. The van der Waals surface area contributed by atoms with Crippen molar-refractivity contribution in [2.75, 3.05) is 20.3 Å². The molecule has 0 aliphatic carbocycles. The van der Waals surface area contributed by atoms with Crippen LogP contribution in [-0.2, 0) is 7.05 Å². The molecule has 0 radical (unpaired) electrons. The Hall–Kier alpha value is -3.79. The van der Waals surface area contributed by atoms with Crippen LogP contribution in [0.4, 0.5) is 0 Å². The van der Waals surface area contributed by atoms with Gasteiger partial charge in [-0.2, -0.15) is 5.10 Å². The van der Waals surface area contributed by atoms with Crippen LogP contribution in [0.15, 0.2) is 54.9 Å². The molecule has 7 heteroatoms. The van der Waals surface area contributed by atoms with Gasteiger partial charge >= 0.3 is 0 Å². The zero-order valence-electron chi connectivity index (χ0n) is 15.7. The highest BCUT2D eigenvalue weighted by molar-refractivity contribution is 5.94. The summed E-state index contributed by atoms with van der Waals surface area (Å²) in [6.07, 6.45) is 3.29. The minimum Gasteiger partial charge on any atom is -0.496 e. The molecule has 2 aromatic heterocycles. The largest absolute Gasteiger partial charge is 0.496 e. The summed E-state index contributed by atoms with van der Waals surface area (Å²) >= 11 is 0. The molecule has 0 saturated carbocycles. The van der Waals surface area contributed by atoms with Crippen molar-refractivity contribution in [1.29, 1.82) is 0 Å². The van der Waals surface area contributed by atoms with E-state index in [4.69, 9.17) is 9.47 Å². The zero-order chi connectivity index (χ0) is 19.8. The van der Waals surface area contributed by atoms with Crippen LogP contribution >= 0.6 is 0 Å². The van der Waals surface area contributed by atoms with E-state index < -0.39 is 0 Å². The predicted octanol–water partition coefficient (Wildman–Crippen LogP) is 2.30. The Bertz CT molecular complexity index is 1000. The van der Waals surface area contributed by atoms with E-state index in [0.29, 0.717) is 22.9 Å². The van der Waals surface area contributed by atoms with E-state index in [1.807, 2.05) is 24.3 Å². The van der Waals surface area contributed by atoms with E-state index in [1.54, 1.807) is 44.8 Å². The van der Waals surface area contributed by atoms with Gasteiger partial charge in [-0.05, 0) is 30.3 Å². The molecule has 0 aliphatic rings. The minimum absolute atomic E-state index is 0.213. The average Bonchev–Trinajstić information content (AvgIpc) is 3.12. The molecule has 2 heterocycles. The number of nitrogens with zero attached hydrogens (tertiary/aromatic N) is 3. The van der Waals surface area contributed by atoms with Gasteiger partial charge < -0.3 is 14.8 Å². The molecular formula is C21H20N4O3. The van der Waals surface area contributed by atoms with Crippen molar-refractivity contribution >= 4 is 5.91 Å². The quantitative estimate of drug-likeness (QED) is 0.668. The standard InChI is InChI=1S/C21H20N4O3/c1-25-19(14-18(24-25)17-9-3-4-10-20(17)27-2)21(26)23-12-5-6-13-28-16-8-7-11-22-15-16/h3-4,7-11,14-15H,12-13H2,1-2H3,(H,23,26). The predicted molar refractivity (Wildman–Crippen MR) is 105 cm³/mol.